The number of methoxy groups -OCH3 is 2. The molecule has 4 bridgehead atoms. The predicted octanol–water partition coefficient (Wildman–Crippen LogP) is 2.58. The van der Waals surface area contributed by atoms with Crippen molar-refractivity contribution in [2.75, 3.05) is 38.8 Å². The van der Waals surface area contributed by atoms with E-state index in [4.69, 9.17) is 18.9 Å². The summed E-state index contributed by atoms with van der Waals surface area (Å²) in [6, 6.07) is 10.0. The molecule has 2 amide bonds. The predicted molar refractivity (Wildman–Crippen MR) is 145 cm³/mol. The van der Waals surface area contributed by atoms with Crippen molar-refractivity contribution in [2.45, 2.75) is 38.5 Å². The highest BCUT2D eigenvalue weighted by Gasteiger charge is 2.38. The van der Waals surface area contributed by atoms with E-state index >= 15 is 0 Å². The molecule has 3 aliphatic rings. The van der Waals surface area contributed by atoms with Gasteiger partial charge in [-0.3, -0.25) is 9.59 Å². The number of ether oxygens (including phenoxy) is 4. The summed E-state index contributed by atoms with van der Waals surface area (Å²) in [7, 11) is 3.07. The van der Waals surface area contributed by atoms with Crippen molar-refractivity contribution >= 4 is 28.3 Å². The zero-order valence-electron chi connectivity index (χ0n) is 22.1. The van der Waals surface area contributed by atoms with E-state index < -0.39 is 6.10 Å². The Morgan fingerprint density at radius 3 is 2.69 bits per heavy atom. The summed E-state index contributed by atoms with van der Waals surface area (Å²) < 4.78 is 23.1. The number of aryl methyl sites for hydroxylation is 1. The molecule has 3 aromatic rings. The van der Waals surface area contributed by atoms with Crippen LogP contribution in [0.5, 0.6) is 23.0 Å². The van der Waals surface area contributed by atoms with E-state index in [9.17, 15) is 9.59 Å². The van der Waals surface area contributed by atoms with Gasteiger partial charge in [0.15, 0.2) is 29.6 Å². The number of nitrogens with zero attached hydrogens (tertiary/aromatic N) is 3. The molecular formula is C27H31N5O6S. The van der Waals surface area contributed by atoms with Gasteiger partial charge >= 0.3 is 0 Å². The number of hydrogen-bond acceptors (Lipinski definition) is 10. The van der Waals surface area contributed by atoms with Crippen LogP contribution in [0.2, 0.25) is 0 Å². The molecule has 0 radical (unpaired) electrons. The third-order valence-electron chi connectivity index (χ3n) is 6.55. The smallest absolute Gasteiger partial charge is 0.258 e. The maximum absolute atomic E-state index is 13.4. The number of benzene rings is 2. The molecule has 4 heterocycles. The summed E-state index contributed by atoms with van der Waals surface area (Å²) in [5.74, 6) is 1.18. The van der Waals surface area contributed by atoms with E-state index in [1.807, 2.05) is 18.2 Å². The minimum absolute atomic E-state index is 0.235. The molecule has 2 atom stereocenters. The van der Waals surface area contributed by atoms with Gasteiger partial charge in [-0.25, -0.2) is 0 Å². The molecule has 39 heavy (non-hydrogen) atoms. The molecule has 0 unspecified atom stereocenters. The fourth-order valence-corrected chi connectivity index (χ4v) is 5.49. The topological polar surface area (TPSA) is 124 Å². The van der Waals surface area contributed by atoms with E-state index in [2.05, 4.69) is 32.7 Å². The first-order valence-corrected chi connectivity index (χ1v) is 13.6. The van der Waals surface area contributed by atoms with Gasteiger partial charge in [0.2, 0.25) is 5.13 Å². The van der Waals surface area contributed by atoms with Gasteiger partial charge in [-0.05, 0) is 42.3 Å². The Bertz CT molecular complexity index is 1350. The van der Waals surface area contributed by atoms with E-state index in [-0.39, 0.29) is 31.0 Å². The zero-order chi connectivity index (χ0) is 27.4. The molecule has 2 aromatic carbocycles. The summed E-state index contributed by atoms with van der Waals surface area (Å²) in [6.07, 6.45) is 1.47. The van der Waals surface area contributed by atoms with Crippen LogP contribution < -0.4 is 34.5 Å². The molecule has 0 saturated carbocycles. The van der Waals surface area contributed by atoms with Gasteiger partial charge in [0.25, 0.3) is 11.8 Å². The van der Waals surface area contributed by atoms with Crippen LogP contribution in [0.3, 0.4) is 0 Å². The van der Waals surface area contributed by atoms with E-state index in [1.165, 1.54) is 7.11 Å². The average molecular weight is 554 g/mol. The molecule has 0 spiro atoms. The molecule has 12 heteroatoms. The summed E-state index contributed by atoms with van der Waals surface area (Å²) in [5.41, 5.74) is 1.21. The third kappa shape index (κ3) is 6.00. The number of aromatic nitrogens is 2. The Balaban J connectivity index is 1.48. The SMILES string of the molecule is CCCc1nnc(N2C[C@@H]3NC(=O)c4ccc(OC)c(c4)OCC(=O)NCc4ccc(c(OC)c4)O[C@H]3C2)s1. The second-order valence-electron chi connectivity index (χ2n) is 9.29. The Morgan fingerprint density at radius 1 is 1.05 bits per heavy atom. The number of nitrogens with one attached hydrogen (secondary N) is 2. The lowest BCUT2D eigenvalue weighted by Crippen LogP contribution is -2.45. The van der Waals surface area contributed by atoms with Crippen LogP contribution in [-0.4, -0.2) is 68.1 Å². The van der Waals surface area contributed by atoms with Crippen molar-refractivity contribution in [1.82, 2.24) is 20.8 Å². The van der Waals surface area contributed by atoms with Crippen LogP contribution in [0, 0.1) is 0 Å². The number of hydrogen-bond donors (Lipinski definition) is 2. The van der Waals surface area contributed by atoms with Gasteiger partial charge in [-0.1, -0.05) is 24.3 Å². The van der Waals surface area contributed by atoms with Gasteiger partial charge in [-0.15, -0.1) is 10.2 Å². The van der Waals surface area contributed by atoms with Crippen LogP contribution in [0.15, 0.2) is 36.4 Å². The lowest BCUT2D eigenvalue weighted by molar-refractivity contribution is -0.123. The Labute approximate surface area is 230 Å². The fraction of sp³-hybridized carbons (Fsp3) is 0.407. The number of anilines is 1. The minimum atomic E-state index is -0.392. The van der Waals surface area contributed by atoms with Crippen LogP contribution in [0.1, 0.15) is 34.3 Å². The average Bonchev–Trinajstić information content (AvgIpc) is 3.57. The molecular weight excluding hydrogens is 522 g/mol. The molecule has 1 aromatic heterocycles. The lowest BCUT2D eigenvalue weighted by atomic mass is 10.1. The van der Waals surface area contributed by atoms with Crippen molar-refractivity contribution < 1.29 is 28.5 Å². The summed E-state index contributed by atoms with van der Waals surface area (Å²) in [6.45, 7) is 3.16. The van der Waals surface area contributed by atoms with Crippen LogP contribution in [0.25, 0.3) is 0 Å². The van der Waals surface area contributed by atoms with Crippen LogP contribution >= 0.6 is 11.3 Å². The Morgan fingerprint density at radius 2 is 1.90 bits per heavy atom. The number of carbonyl (C=O) groups is 2. The van der Waals surface area contributed by atoms with Crippen molar-refractivity contribution in [2.24, 2.45) is 0 Å². The largest absolute Gasteiger partial charge is 0.493 e. The Kier molecular flexibility index (Phi) is 8.01. The highest BCUT2D eigenvalue weighted by Crippen LogP contribution is 2.33. The summed E-state index contributed by atoms with van der Waals surface area (Å²) in [4.78, 5) is 27.9. The summed E-state index contributed by atoms with van der Waals surface area (Å²) >= 11 is 1.56. The second kappa shape index (κ2) is 11.8. The minimum Gasteiger partial charge on any atom is -0.493 e. The van der Waals surface area contributed by atoms with Crippen LogP contribution in [0.4, 0.5) is 5.13 Å². The van der Waals surface area contributed by atoms with Gasteiger partial charge in [-0.2, -0.15) is 0 Å². The Hall–Kier alpha value is -4.06. The maximum Gasteiger partial charge on any atom is 0.258 e. The molecule has 1 fully saturated rings. The lowest BCUT2D eigenvalue weighted by Gasteiger charge is -2.22. The van der Waals surface area contributed by atoms with E-state index in [1.54, 1.807) is 36.6 Å². The molecule has 206 valence electrons. The molecule has 11 nitrogen and oxygen atoms in total. The zero-order valence-corrected chi connectivity index (χ0v) is 22.9. The molecule has 6 rings (SSSR count). The van der Waals surface area contributed by atoms with Crippen molar-refractivity contribution in [3.63, 3.8) is 0 Å². The van der Waals surface area contributed by atoms with Crippen molar-refractivity contribution in [1.29, 1.82) is 0 Å². The molecule has 0 aliphatic carbocycles. The second-order valence-corrected chi connectivity index (χ2v) is 10.3. The van der Waals surface area contributed by atoms with Gasteiger partial charge in [0.05, 0.1) is 26.8 Å². The molecule has 2 N–H and O–H groups in total. The van der Waals surface area contributed by atoms with E-state index in [0.717, 1.165) is 28.5 Å². The first-order chi connectivity index (χ1) is 19.0. The highest BCUT2D eigenvalue weighted by molar-refractivity contribution is 7.15. The highest BCUT2D eigenvalue weighted by atomic mass is 32.1. The van der Waals surface area contributed by atoms with Gasteiger partial charge in [0.1, 0.15) is 11.1 Å². The number of carbonyl (C=O) groups excluding carboxylic acids is 2. The number of rotatable bonds is 5. The van der Waals surface area contributed by atoms with Gasteiger partial charge in [0, 0.05) is 25.1 Å². The standard InChI is InChI=1S/C27H31N5O6S/c1-4-5-25-30-31-27(39-25)32-13-18-23(14-32)38-20-8-6-16(10-21(20)36-3)12-28-24(33)15-37-22-11-17(26(34)29-18)7-9-19(22)35-2/h6-11,18,23H,4-5,12-15H2,1-3H3,(H,28,33)(H,29,34)/t18-,23-/m0/s1. The number of fused-ring (bicyclic) bond motifs is 7. The van der Waals surface area contributed by atoms with Gasteiger partial charge < -0.3 is 34.5 Å². The fourth-order valence-electron chi connectivity index (χ4n) is 4.54. The summed E-state index contributed by atoms with van der Waals surface area (Å²) in [5, 5.41) is 16.4. The van der Waals surface area contributed by atoms with Crippen molar-refractivity contribution in [3.8, 4) is 23.0 Å². The normalized spacial score (nSPS) is 19.3. The first-order valence-electron chi connectivity index (χ1n) is 12.8. The first kappa shape index (κ1) is 26.5. The monoisotopic (exact) mass is 553 g/mol. The molecule has 1 saturated heterocycles. The van der Waals surface area contributed by atoms with E-state index in [0.29, 0.717) is 41.7 Å². The van der Waals surface area contributed by atoms with Crippen LogP contribution in [-0.2, 0) is 17.8 Å². The van der Waals surface area contributed by atoms with Crippen molar-refractivity contribution in [3.05, 3.63) is 52.5 Å². The maximum atomic E-state index is 13.4. The quantitative estimate of drug-likeness (QED) is 0.491. The number of amides is 2. The molecule has 3 aliphatic heterocycles. The third-order valence-corrected chi connectivity index (χ3v) is 7.60.